The molecule has 1 aliphatic rings. The number of nitrogens with one attached hydrogen (secondary N) is 2. The molecule has 3 rings (SSSR count). The van der Waals surface area contributed by atoms with Gasteiger partial charge in [0, 0.05) is 18.1 Å². The molecule has 1 heterocycles. The molecule has 21 heavy (non-hydrogen) atoms. The summed E-state index contributed by atoms with van der Waals surface area (Å²) in [6, 6.07) is 14.8. The van der Waals surface area contributed by atoms with Gasteiger partial charge in [0.05, 0.1) is 5.70 Å². The van der Waals surface area contributed by atoms with Crippen LogP contribution in [-0.4, -0.2) is 0 Å². The molecule has 0 radical (unpaired) electrons. The topological polar surface area (TPSA) is 24.1 Å². The SMILES string of the molecule is C1=CC/C=C\C(Nc2ccc3ccccc3c2)=C/NC=C1. The van der Waals surface area contributed by atoms with E-state index in [2.05, 4.69) is 71.3 Å². The average molecular weight is 274 g/mol. The summed E-state index contributed by atoms with van der Waals surface area (Å²) in [5.74, 6) is 0. The van der Waals surface area contributed by atoms with Crippen molar-refractivity contribution in [2.75, 3.05) is 5.32 Å². The van der Waals surface area contributed by atoms with Crippen LogP contribution in [0.3, 0.4) is 0 Å². The van der Waals surface area contributed by atoms with Crippen molar-refractivity contribution in [1.29, 1.82) is 0 Å². The monoisotopic (exact) mass is 274 g/mol. The Labute approximate surface area is 125 Å². The van der Waals surface area contributed by atoms with Crippen molar-refractivity contribution in [3.63, 3.8) is 0 Å². The number of hydrogen-bond donors (Lipinski definition) is 2. The molecule has 0 saturated carbocycles. The Morgan fingerprint density at radius 1 is 0.905 bits per heavy atom. The second kappa shape index (κ2) is 6.62. The fraction of sp³-hybridized carbons (Fsp3) is 0.0526. The zero-order valence-corrected chi connectivity index (χ0v) is 11.8. The van der Waals surface area contributed by atoms with Gasteiger partial charge in [-0.3, -0.25) is 0 Å². The molecular formula is C19H18N2. The first-order chi connectivity index (χ1) is 10.4. The van der Waals surface area contributed by atoms with Crippen molar-refractivity contribution in [3.8, 4) is 0 Å². The third kappa shape index (κ3) is 3.63. The fourth-order valence-corrected chi connectivity index (χ4v) is 2.24. The lowest BCUT2D eigenvalue weighted by atomic mass is 10.1. The zero-order valence-electron chi connectivity index (χ0n) is 11.8. The first kappa shape index (κ1) is 13.3. The van der Waals surface area contributed by atoms with Gasteiger partial charge in [0.15, 0.2) is 0 Å². The number of allylic oxidation sites excluding steroid dienone is 5. The smallest absolute Gasteiger partial charge is 0.0544 e. The van der Waals surface area contributed by atoms with E-state index in [1.165, 1.54) is 10.8 Å². The summed E-state index contributed by atoms with van der Waals surface area (Å²) >= 11 is 0. The molecule has 0 fully saturated rings. The van der Waals surface area contributed by atoms with Crippen molar-refractivity contribution in [1.82, 2.24) is 5.32 Å². The maximum atomic E-state index is 3.44. The van der Waals surface area contributed by atoms with E-state index in [9.17, 15) is 0 Å². The molecule has 0 aliphatic carbocycles. The maximum absolute atomic E-state index is 3.44. The second-order valence-electron chi connectivity index (χ2n) is 4.88. The van der Waals surface area contributed by atoms with Gasteiger partial charge in [-0.05, 0) is 41.5 Å². The molecule has 104 valence electrons. The third-order valence-corrected chi connectivity index (χ3v) is 3.29. The molecule has 0 amide bonds. The van der Waals surface area contributed by atoms with Crippen molar-refractivity contribution in [2.24, 2.45) is 0 Å². The number of rotatable bonds is 2. The van der Waals surface area contributed by atoms with E-state index in [4.69, 9.17) is 0 Å². The standard InChI is InChI=1S/C19H18N2/c1-2-4-10-19(15-20-13-7-3-1)21-18-12-11-16-8-5-6-9-17(16)14-18/h1,3-15,20-21H,2H2/b3-1?,10-4-,13-7?,19-15+. The molecule has 2 nitrogen and oxygen atoms in total. The normalized spacial score (nSPS) is 18.6. The lowest BCUT2D eigenvalue weighted by Crippen LogP contribution is -2.03. The van der Waals surface area contributed by atoms with Crippen LogP contribution in [0.2, 0.25) is 0 Å². The summed E-state index contributed by atoms with van der Waals surface area (Å²) in [6.45, 7) is 0. The maximum Gasteiger partial charge on any atom is 0.0544 e. The van der Waals surface area contributed by atoms with Crippen molar-refractivity contribution in [3.05, 3.63) is 90.9 Å². The van der Waals surface area contributed by atoms with E-state index in [0.717, 1.165) is 17.8 Å². The Balaban J connectivity index is 1.82. The number of hydrogen-bond acceptors (Lipinski definition) is 2. The van der Waals surface area contributed by atoms with Crippen LogP contribution in [-0.2, 0) is 0 Å². The van der Waals surface area contributed by atoms with Gasteiger partial charge in [0.25, 0.3) is 0 Å². The van der Waals surface area contributed by atoms with Crippen LogP contribution in [0.15, 0.2) is 90.9 Å². The van der Waals surface area contributed by atoms with Crippen molar-refractivity contribution >= 4 is 16.5 Å². The molecule has 1 aliphatic heterocycles. The highest BCUT2D eigenvalue weighted by Gasteiger charge is 1.97. The van der Waals surface area contributed by atoms with Gasteiger partial charge in [0.1, 0.15) is 0 Å². The largest absolute Gasteiger partial charge is 0.366 e. The minimum atomic E-state index is 0.932. The first-order valence-electron chi connectivity index (χ1n) is 7.12. The quantitative estimate of drug-likeness (QED) is 0.828. The summed E-state index contributed by atoms with van der Waals surface area (Å²) in [7, 11) is 0. The molecule has 2 N–H and O–H groups in total. The predicted molar refractivity (Wildman–Crippen MR) is 90.8 cm³/mol. The molecule has 2 aromatic rings. The molecule has 0 bridgehead atoms. The van der Waals surface area contributed by atoms with Gasteiger partial charge >= 0.3 is 0 Å². The van der Waals surface area contributed by atoms with E-state index in [1.54, 1.807) is 0 Å². The Hall–Kier alpha value is -2.74. The van der Waals surface area contributed by atoms with Gasteiger partial charge in [-0.25, -0.2) is 0 Å². The Bertz CT molecular complexity index is 736. The number of benzene rings is 2. The lowest BCUT2D eigenvalue weighted by molar-refractivity contribution is 1.16. The summed E-state index contributed by atoms with van der Waals surface area (Å²) < 4.78 is 0. The minimum Gasteiger partial charge on any atom is -0.366 e. The van der Waals surface area contributed by atoms with Crippen molar-refractivity contribution < 1.29 is 0 Å². The molecule has 0 spiro atoms. The van der Waals surface area contributed by atoms with Crippen LogP contribution >= 0.6 is 0 Å². The third-order valence-electron chi connectivity index (χ3n) is 3.29. The van der Waals surface area contributed by atoms with Crippen molar-refractivity contribution in [2.45, 2.75) is 6.42 Å². The van der Waals surface area contributed by atoms with Crippen LogP contribution in [0, 0.1) is 0 Å². The number of fused-ring (bicyclic) bond motifs is 1. The van der Waals surface area contributed by atoms with E-state index in [1.807, 2.05) is 24.6 Å². The highest BCUT2D eigenvalue weighted by atomic mass is 14.9. The van der Waals surface area contributed by atoms with E-state index in [-0.39, 0.29) is 0 Å². The summed E-state index contributed by atoms with van der Waals surface area (Å²) in [5, 5.41) is 9.09. The van der Waals surface area contributed by atoms with Crippen LogP contribution < -0.4 is 10.6 Å². The highest BCUT2D eigenvalue weighted by molar-refractivity contribution is 5.86. The summed E-state index contributed by atoms with van der Waals surface area (Å²) in [4.78, 5) is 0. The van der Waals surface area contributed by atoms with Gasteiger partial charge in [-0.2, -0.15) is 0 Å². The fourth-order valence-electron chi connectivity index (χ4n) is 2.24. The molecule has 0 saturated heterocycles. The Kier molecular flexibility index (Phi) is 4.18. The van der Waals surface area contributed by atoms with E-state index < -0.39 is 0 Å². The van der Waals surface area contributed by atoms with Gasteiger partial charge in [-0.15, -0.1) is 0 Å². The molecule has 2 aromatic carbocycles. The Morgan fingerprint density at radius 3 is 2.76 bits per heavy atom. The van der Waals surface area contributed by atoms with Gasteiger partial charge < -0.3 is 10.6 Å². The summed E-state index contributed by atoms with van der Waals surface area (Å²) in [6.07, 6.45) is 15.2. The molecule has 0 unspecified atom stereocenters. The average Bonchev–Trinajstić information content (AvgIpc) is 2.53. The summed E-state index contributed by atoms with van der Waals surface area (Å²) in [5.41, 5.74) is 2.12. The highest BCUT2D eigenvalue weighted by Crippen LogP contribution is 2.20. The minimum absolute atomic E-state index is 0.932. The second-order valence-corrected chi connectivity index (χ2v) is 4.88. The molecular weight excluding hydrogens is 256 g/mol. The van der Waals surface area contributed by atoms with Crippen LogP contribution in [0.25, 0.3) is 10.8 Å². The van der Waals surface area contributed by atoms with Crippen LogP contribution in [0.5, 0.6) is 0 Å². The Morgan fingerprint density at radius 2 is 1.81 bits per heavy atom. The predicted octanol–water partition coefficient (Wildman–Crippen LogP) is 4.71. The van der Waals surface area contributed by atoms with Crippen LogP contribution in [0.4, 0.5) is 5.69 Å². The van der Waals surface area contributed by atoms with E-state index in [0.29, 0.717) is 0 Å². The zero-order chi connectivity index (χ0) is 14.3. The molecule has 0 atom stereocenters. The number of anilines is 1. The first-order valence-corrected chi connectivity index (χ1v) is 7.12. The van der Waals surface area contributed by atoms with Gasteiger partial charge in [-0.1, -0.05) is 48.6 Å². The van der Waals surface area contributed by atoms with E-state index >= 15 is 0 Å². The molecule has 2 heteroatoms. The van der Waals surface area contributed by atoms with Crippen LogP contribution in [0.1, 0.15) is 6.42 Å². The van der Waals surface area contributed by atoms with Gasteiger partial charge in [0.2, 0.25) is 0 Å². The molecule has 0 aromatic heterocycles. The lowest BCUT2D eigenvalue weighted by Gasteiger charge is -2.09.